The van der Waals surface area contributed by atoms with E-state index in [1.807, 2.05) is 30.3 Å². The normalized spacial score (nSPS) is 17.1. The Morgan fingerprint density at radius 2 is 1.96 bits per heavy atom. The first-order chi connectivity index (χ1) is 11.5. The summed E-state index contributed by atoms with van der Waals surface area (Å²) in [6, 6.07) is 8.50. The van der Waals surface area contributed by atoms with Crippen LogP contribution in [0, 0.1) is 0 Å². The molecule has 0 aromatic heterocycles. The molecule has 1 aromatic carbocycles. The smallest absolute Gasteiger partial charge is 0.415 e. The van der Waals surface area contributed by atoms with Crippen LogP contribution in [-0.4, -0.2) is 53.9 Å². The molecule has 0 N–H and O–H groups in total. The van der Waals surface area contributed by atoms with Gasteiger partial charge in [-0.25, -0.2) is 9.59 Å². The molecule has 0 saturated carbocycles. The minimum atomic E-state index is -0.764. The Morgan fingerprint density at radius 3 is 2.58 bits per heavy atom. The molecule has 2 amide bonds. The number of ether oxygens (including phenoxy) is 2. The molecule has 1 atom stereocenters. The van der Waals surface area contributed by atoms with E-state index in [0.29, 0.717) is 6.29 Å². The van der Waals surface area contributed by atoms with E-state index in [-0.39, 0.29) is 32.0 Å². The van der Waals surface area contributed by atoms with E-state index in [1.54, 1.807) is 6.92 Å². The van der Waals surface area contributed by atoms with Crippen molar-refractivity contribution in [3.63, 3.8) is 0 Å². The average molecular weight is 332 g/mol. The van der Waals surface area contributed by atoms with Gasteiger partial charge in [0.25, 0.3) is 0 Å². The number of hydrogen-bond donors (Lipinski definition) is 0. The summed E-state index contributed by atoms with van der Waals surface area (Å²) in [7, 11) is 0. The van der Waals surface area contributed by atoms with E-state index >= 15 is 0 Å². The molecule has 128 valence electrons. The van der Waals surface area contributed by atoms with Gasteiger partial charge in [-0.2, -0.15) is 0 Å². The van der Waals surface area contributed by atoms with Crippen molar-refractivity contribution in [2.75, 3.05) is 19.6 Å². The predicted molar refractivity (Wildman–Crippen MR) is 86.1 cm³/mol. The van der Waals surface area contributed by atoms with Gasteiger partial charge < -0.3 is 19.2 Å². The number of carbonyl (C=O) groups is 3. The highest BCUT2D eigenvalue weighted by Gasteiger charge is 2.34. The van der Waals surface area contributed by atoms with Gasteiger partial charge in [-0.3, -0.25) is 4.90 Å². The van der Waals surface area contributed by atoms with Crippen LogP contribution in [0.15, 0.2) is 42.7 Å². The molecule has 1 unspecified atom stereocenters. The van der Waals surface area contributed by atoms with E-state index in [1.165, 1.54) is 9.80 Å². The zero-order valence-electron chi connectivity index (χ0n) is 13.5. The van der Waals surface area contributed by atoms with Crippen LogP contribution in [0.5, 0.6) is 0 Å². The van der Waals surface area contributed by atoms with Gasteiger partial charge in [-0.05, 0) is 12.5 Å². The van der Waals surface area contributed by atoms with Crippen LogP contribution in [0.3, 0.4) is 0 Å². The fourth-order valence-corrected chi connectivity index (χ4v) is 2.33. The van der Waals surface area contributed by atoms with Gasteiger partial charge in [-0.15, -0.1) is 0 Å². The molecule has 1 aliphatic heterocycles. The minimum absolute atomic E-state index is 0.0655. The second kappa shape index (κ2) is 8.14. The third-order valence-corrected chi connectivity index (χ3v) is 3.54. The van der Waals surface area contributed by atoms with Crippen LogP contribution >= 0.6 is 0 Å². The van der Waals surface area contributed by atoms with Crippen molar-refractivity contribution < 1.29 is 23.9 Å². The first-order valence-corrected chi connectivity index (χ1v) is 7.56. The summed E-state index contributed by atoms with van der Waals surface area (Å²) >= 11 is 0. The molecule has 1 saturated heterocycles. The van der Waals surface area contributed by atoms with Crippen molar-refractivity contribution in [3.8, 4) is 0 Å². The van der Waals surface area contributed by atoms with E-state index < -0.39 is 18.2 Å². The van der Waals surface area contributed by atoms with Crippen LogP contribution in [0.25, 0.3) is 0 Å². The first-order valence-electron chi connectivity index (χ1n) is 7.56. The predicted octanol–water partition coefficient (Wildman–Crippen LogP) is 2.18. The molecule has 0 spiro atoms. The Hall–Kier alpha value is -2.83. The van der Waals surface area contributed by atoms with E-state index in [9.17, 15) is 14.4 Å². The van der Waals surface area contributed by atoms with Gasteiger partial charge in [0, 0.05) is 13.1 Å². The average Bonchev–Trinajstić information content (AvgIpc) is 2.59. The largest absolute Gasteiger partial charge is 0.445 e. The fourth-order valence-electron chi connectivity index (χ4n) is 2.33. The van der Waals surface area contributed by atoms with Crippen LogP contribution < -0.4 is 0 Å². The molecule has 0 aliphatic carbocycles. The maximum absolute atomic E-state index is 12.2. The fraction of sp³-hybridized carbons (Fsp3) is 0.353. The lowest BCUT2D eigenvalue weighted by Crippen LogP contribution is -2.57. The third kappa shape index (κ3) is 4.58. The number of benzene rings is 1. The first kappa shape index (κ1) is 17.5. The molecule has 0 radical (unpaired) electrons. The quantitative estimate of drug-likeness (QED) is 0.624. The minimum Gasteiger partial charge on any atom is -0.445 e. The molecule has 1 heterocycles. The van der Waals surface area contributed by atoms with Crippen LogP contribution in [0.2, 0.25) is 0 Å². The zero-order chi connectivity index (χ0) is 17.5. The summed E-state index contributed by atoms with van der Waals surface area (Å²) < 4.78 is 10.2. The van der Waals surface area contributed by atoms with E-state index in [0.717, 1.165) is 5.56 Å². The monoisotopic (exact) mass is 332 g/mol. The van der Waals surface area contributed by atoms with Crippen molar-refractivity contribution >= 4 is 18.5 Å². The number of piperazine rings is 1. The Bertz CT molecular complexity index is 617. The lowest BCUT2D eigenvalue weighted by atomic mass is 10.2. The molecule has 7 nitrogen and oxygen atoms in total. The summed E-state index contributed by atoms with van der Waals surface area (Å²) in [6.07, 6.45) is -0.528. The number of aldehydes is 1. The molecule has 1 fully saturated rings. The van der Waals surface area contributed by atoms with E-state index in [4.69, 9.17) is 9.47 Å². The molecule has 2 rings (SSSR count). The number of rotatable bonds is 4. The maximum Gasteiger partial charge on any atom is 0.415 e. The number of nitrogens with zero attached hydrogens (tertiary/aromatic N) is 2. The lowest BCUT2D eigenvalue weighted by Gasteiger charge is -2.37. The van der Waals surface area contributed by atoms with Gasteiger partial charge in [-0.1, -0.05) is 36.9 Å². The van der Waals surface area contributed by atoms with Crippen molar-refractivity contribution in [2.45, 2.75) is 19.6 Å². The Kier molecular flexibility index (Phi) is 5.95. The van der Waals surface area contributed by atoms with Crippen molar-refractivity contribution in [1.82, 2.24) is 9.80 Å². The number of hydrogen-bond acceptors (Lipinski definition) is 5. The number of allylic oxidation sites excluding steroid dienone is 1. The van der Waals surface area contributed by atoms with Gasteiger partial charge >= 0.3 is 12.2 Å². The van der Waals surface area contributed by atoms with Crippen molar-refractivity contribution in [2.24, 2.45) is 0 Å². The highest BCUT2D eigenvalue weighted by atomic mass is 16.6. The summed E-state index contributed by atoms with van der Waals surface area (Å²) in [4.78, 5) is 38.0. The molecular formula is C17H20N2O5. The Balaban J connectivity index is 1.91. The molecule has 7 heteroatoms. The van der Waals surface area contributed by atoms with Gasteiger partial charge in [0.05, 0.1) is 12.3 Å². The number of carbonyl (C=O) groups excluding carboxylic acids is 3. The summed E-state index contributed by atoms with van der Waals surface area (Å²) in [5, 5.41) is 0. The molecule has 1 aromatic rings. The Labute approximate surface area is 140 Å². The van der Waals surface area contributed by atoms with Crippen molar-refractivity contribution in [1.29, 1.82) is 0 Å². The van der Waals surface area contributed by atoms with Crippen LogP contribution in [-0.2, 0) is 20.9 Å². The van der Waals surface area contributed by atoms with Crippen LogP contribution in [0.4, 0.5) is 9.59 Å². The standard InChI is InChI=1S/C17H20N2O5/c1-13(2)24-16(21)18-8-9-19(15(10-18)11-20)17(22)23-12-14-6-4-3-5-7-14/h3-7,11,15H,1,8-10,12H2,2H3. The van der Waals surface area contributed by atoms with Gasteiger partial charge in [0.2, 0.25) is 0 Å². The highest BCUT2D eigenvalue weighted by Crippen LogP contribution is 2.13. The molecule has 1 aliphatic rings. The van der Waals surface area contributed by atoms with Gasteiger partial charge in [0.15, 0.2) is 0 Å². The molecule has 0 bridgehead atoms. The molecule has 24 heavy (non-hydrogen) atoms. The SMILES string of the molecule is C=C(C)OC(=O)N1CCN(C(=O)OCc2ccccc2)C(C=O)C1. The maximum atomic E-state index is 12.2. The van der Waals surface area contributed by atoms with Gasteiger partial charge in [0.1, 0.15) is 18.9 Å². The van der Waals surface area contributed by atoms with E-state index in [2.05, 4.69) is 6.58 Å². The topological polar surface area (TPSA) is 76.2 Å². The van der Waals surface area contributed by atoms with Crippen LogP contribution in [0.1, 0.15) is 12.5 Å². The second-order valence-electron chi connectivity index (χ2n) is 5.45. The summed E-state index contributed by atoms with van der Waals surface area (Å²) in [5.74, 6) is 0.271. The Morgan fingerprint density at radius 1 is 1.25 bits per heavy atom. The highest BCUT2D eigenvalue weighted by molar-refractivity contribution is 5.76. The molecular weight excluding hydrogens is 312 g/mol. The summed E-state index contributed by atoms with van der Waals surface area (Å²) in [5.41, 5.74) is 0.858. The zero-order valence-corrected chi connectivity index (χ0v) is 13.5. The third-order valence-electron chi connectivity index (χ3n) is 3.54. The second-order valence-corrected chi connectivity index (χ2v) is 5.45. The lowest BCUT2D eigenvalue weighted by molar-refractivity contribution is -0.113. The summed E-state index contributed by atoms with van der Waals surface area (Å²) in [6.45, 7) is 5.71. The number of amides is 2. The van der Waals surface area contributed by atoms with Crippen molar-refractivity contribution in [3.05, 3.63) is 48.2 Å².